The number of rotatable bonds is 4. The van der Waals surface area contributed by atoms with Crippen molar-refractivity contribution in [3.8, 4) is 0 Å². The number of benzene rings is 2. The van der Waals surface area contributed by atoms with Crippen LogP contribution in [0.2, 0.25) is 0 Å². The Morgan fingerprint density at radius 1 is 1.03 bits per heavy atom. The predicted octanol–water partition coefficient (Wildman–Crippen LogP) is 4.32. The van der Waals surface area contributed by atoms with Gasteiger partial charge >= 0.3 is 12.2 Å². The molecule has 1 saturated heterocycles. The van der Waals surface area contributed by atoms with Crippen LogP contribution in [-0.4, -0.2) is 32.8 Å². The Balaban J connectivity index is 2.03. The summed E-state index contributed by atoms with van der Waals surface area (Å²) in [6.07, 6.45) is -5.05. The number of hydrogen-bond donors (Lipinski definition) is 2. The smallest absolute Gasteiger partial charge is 0.305 e. The lowest BCUT2D eigenvalue weighted by Crippen LogP contribution is -2.43. The summed E-state index contributed by atoms with van der Waals surface area (Å²) in [5.41, 5.74) is -4.05. The molecule has 3 rings (SSSR count). The zero-order valence-corrected chi connectivity index (χ0v) is 16.1. The molecule has 12 heteroatoms. The van der Waals surface area contributed by atoms with E-state index in [1.54, 1.807) is 0 Å². The topological polar surface area (TPSA) is 84.3 Å². The van der Waals surface area contributed by atoms with Crippen LogP contribution in [0.15, 0.2) is 36.4 Å². The van der Waals surface area contributed by atoms with E-state index in [0.717, 1.165) is 29.2 Å². The third-order valence-corrected chi connectivity index (χ3v) is 4.93. The molecule has 0 spiro atoms. The Hall–Kier alpha value is -3.25. The van der Waals surface area contributed by atoms with Crippen LogP contribution in [0.25, 0.3) is 0 Å². The predicted molar refractivity (Wildman–Crippen MR) is 96.4 cm³/mol. The first-order chi connectivity index (χ1) is 14.2. The van der Waals surface area contributed by atoms with E-state index in [4.69, 9.17) is 0 Å². The second-order valence-corrected chi connectivity index (χ2v) is 7.29. The quantitative estimate of drug-likeness (QED) is 0.416. The number of nitrogens with zero attached hydrogens (tertiary/aromatic N) is 3. The number of carbonyl (C=O) groups is 2. The SMILES string of the molecule is CC1(C)C(=O)N(c2ccc(F)c(C(F)(F)F)c2)C(=O)N1Cc1ccc(F)cc1N(O)O. The number of halogens is 5. The minimum Gasteiger partial charge on any atom is -0.305 e. The summed E-state index contributed by atoms with van der Waals surface area (Å²) < 4.78 is 66.2. The molecule has 1 heterocycles. The van der Waals surface area contributed by atoms with Gasteiger partial charge in [-0.05, 0) is 38.1 Å². The number of carbonyl (C=O) groups excluding carboxylic acids is 2. The molecule has 3 amide bonds. The van der Waals surface area contributed by atoms with Crippen LogP contribution >= 0.6 is 0 Å². The maximum atomic E-state index is 13.6. The highest BCUT2D eigenvalue weighted by Gasteiger charge is 2.52. The van der Waals surface area contributed by atoms with E-state index in [9.17, 15) is 42.0 Å². The second kappa shape index (κ2) is 7.46. The van der Waals surface area contributed by atoms with Gasteiger partial charge in [0.2, 0.25) is 0 Å². The van der Waals surface area contributed by atoms with Crippen molar-refractivity contribution >= 4 is 23.3 Å². The number of anilines is 2. The van der Waals surface area contributed by atoms with E-state index in [0.29, 0.717) is 17.0 Å². The zero-order valence-electron chi connectivity index (χ0n) is 16.1. The first kappa shape index (κ1) is 22.4. The fourth-order valence-corrected chi connectivity index (χ4v) is 3.23. The number of amides is 3. The number of imide groups is 1. The van der Waals surface area contributed by atoms with Crippen molar-refractivity contribution in [1.82, 2.24) is 4.90 Å². The van der Waals surface area contributed by atoms with Gasteiger partial charge in [-0.15, -0.1) is 5.23 Å². The molecule has 2 aromatic rings. The van der Waals surface area contributed by atoms with Gasteiger partial charge in [-0.3, -0.25) is 15.2 Å². The van der Waals surface area contributed by atoms with Crippen LogP contribution in [0.4, 0.5) is 38.1 Å². The summed E-state index contributed by atoms with van der Waals surface area (Å²) in [5, 5.41) is 18.3. The van der Waals surface area contributed by atoms with E-state index in [1.165, 1.54) is 13.8 Å². The molecular weight excluding hydrogens is 429 g/mol. The largest absolute Gasteiger partial charge is 0.419 e. The lowest BCUT2D eigenvalue weighted by Gasteiger charge is -2.28. The average Bonchev–Trinajstić information content (AvgIpc) is 2.82. The third-order valence-electron chi connectivity index (χ3n) is 4.93. The highest BCUT2D eigenvalue weighted by atomic mass is 19.4. The normalized spacial score (nSPS) is 16.3. The summed E-state index contributed by atoms with van der Waals surface area (Å²) in [4.78, 5) is 27.3. The van der Waals surface area contributed by atoms with Crippen molar-refractivity contribution in [2.75, 3.05) is 10.1 Å². The molecule has 166 valence electrons. The standard InChI is InChI=1S/C19H16F5N3O4/c1-18(2)16(28)26(12-5-6-14(21)13(8-12)19(22,23)24)17(29)25(18)9-10-3-4-11(20)7-15(10)27(30)31/h3-8,30-31H,9H2,1-2H3. The molecule has 1 fully saturated rings. The van der Waals surface area contributed by atoms with E-state index >= 15 is 0 Å². The lowest BCUT2D eigenvalue weighted by atomic mass is 10.0. The van der Waals surface area contributed by atoms with Gasteiger partial charge in [0.1, 0.15) is 22.9 Å². The molecule has 0 aliphatic carbocycles. The second-order valence-electron chi connectivity index (χ2n) is 7.29. The maximum absolute atomic E-state index is 13.6. The van der Waals surface area contributed by atoms with Crippen LogP contribution < -0.4 is 10.1 Å². The van der Waals surface area contributed by atoms with Crippen molar-refractivity contribution in [1.29, 1.82) is 0 Å². The molecular formula is C19H16F5N3O4. The fourth-order valence-electron chi connectivity index (χ4n) is 3.23. The summed E-state index contributed by atoms with van der Waals surface area (Å²) in [6.45, 7) is 2.26. The van der Waals surface area contributed by atoms with Crippen molar-refractivity contribution < 1.29 is 42.0 Å². The van der Waals surface area contributed by atoms with Gasteiger partial charge in [0.05, 0.1) is 17.8 Å². The third kappa shape index (κ3) is 3.91. The highest BCUT2D eigenvalue weighted by molar-refractivity contribution is 6.23. The summed E-state index contributed by atoms with van der Waals surface area (Å²) in [6, 6.07) is 3.63. The molecule has 7 nitrogen and oxygen atoms in total. The first-order valence-electron chi connectivity index (χ1n) is 8.74. The molecule has 1 aliphatic heterocycles. The summed E-state index contributed by atoms with van der Waals surface area (Å²) in [5.74, 6) is -3.25. The van der Waals surface area contributed by atoms with Gasteiger partial charge < -0.3 is 4.90 Å². The fraction of sp³-hybridized carbons (Fsp3) is 0.263. The first-order valence-corrected chi connectivity index (χ1v) is 8.74. The molecule has 0 saturated carbocycles. The Morgan fingerprint density at radius 3 is 2.26 bits per heavy atom. The Labute approximate surface area is 172 Å². The molecule has 0 radical (unpaired) electrons. The molecule has 0 bridgehead atoms. The van der Waals surface area contributed by atoms with Crippen molar-refractivity contribution in [2.24, 2.45) is 0 Å². The maximum Gasteiger partial charge on any atom is 0.419 e. The minimum atomic E-state index is -5.05. The monoisotopic (exact) mass is 445 g/mol. The van der Waals surface area contributed by atoms with Gasteiger partial charge in [-0.25, -0.2) is 18.5 Å². The van der Waals surface area contributed by atoms with Gasteiger partial charge in [-0.1, -0.05) is 6.07 Å². The van der Waals surface area contributed by atoms with E-state index < -0.39 is 58.8 Å². The van der Waals surface area contributed by atoms with Gasteiger partial charge in [0.15, 0.2) is 0 Å². The Kier molecular flexibility index (Phi) is 5.40. The van der Waals surface area contributed by atoms with E-state index in [2.05, 4.69) is 0 Å². The Bertz CT molecular complexity index is 1060. The molecule has 0 atom stereocenters. The van der Waals surface area contributed by atoms with Crippen molar-refractivity contribution in [3.63, 3.8) is 0 Å². The number of urea groups is 1. The van der Waals surface area contributed by atoms with Crippen LogP contribution in [0, 0.1) is 11.6 Å². The molecule has 2 N–H and O–H groups in total. The van der Waals surface area contributed by atoms with Crippen LogP contribution in [0.1, 0.15) is 25.0 Å². The van der Waals surface area contributed by atoms with Crippen molar-refractivity contribution in [2.45, 2.75) is 32.1 Å². The zero-order chi connectivity index (χ0) is 23.3. The summed E-state index contributed by atoms with van der Waals surface area (Å²) in [7, 11) is 0. The van der Waals surface area contributed by atoms with Gasteiger partial charge in [0.25, 0.3) is 5.91 Å². The molecule has 31 heavy (non-hydrogen) atoms. The van der Waals surface area contributed by atoms with Gasteiger partial charge in [0, 0.05) is 11.6 Å². The minimum absolute atomic E-state index is 0.0394. The van der Waals surface area contributed by atoms with Crippen LogP contribution in [-0.2, 0) is 17.5 Å². The van der Waals surface area contributed by atoms with E-state index in [1.807, 2.05) is 0 Å². The van der Waals surface area contributed by atoms with Crippen LogP contribution in [0.5, 0.6) is 0 Å². The average molecular weight is 445 g/mol. The number of alkyl halides is 3. The Morgan fingerprint density at radius 2 is 1.68 bits per heavy atom. The lowest BCUT2D eigenvalue weighted by molar-refractivity contribution is -0.140. The summed E-state index contributed by atoms with van der Waals surface area (Å²) >= 11 is 0. The molecule has 1 aliphatic rings. The van der Waals surface area contributed by atoms with Crippen molar-refractivity contribution in [3.05, 3.63) is 59.2 Å². The molecule has 0 unspecified atom stereocenters. The molecule has 0 aromatic heterocycles. The van der Waals surface area contributed by atoms with E-state index in [-0.39, 0.29) is 10.8 Å². The highest BCUT2D eigenvalue weighted by Crippen LogP contribution is 2.38. The number of hydrogen-bond acceptors (Lipinski definition) is 5. The van der Waals surface area contributed by atoms with Crippen LogP contribution in [0.3, 0.4) is 0 Å². The molecule has 2 aromatic carbocycles. The van der Waals surface area contributed by atoms with Gasteiger partial charge in [-0.2, -0.15) is 13.2 Å².